The summed E-state index contributed by atoms with van der Waals surface area (Å²) in [5.41, 5.74) is -0.0289. The van der Waals surface area contributed by atoms with Crippen LogP contribution < -0.4 is 8.92 Å². The first-order valence-electron chi connectivity index (χ1n) is 8.30. The summed E-state index contributed by atoms with van der Waals surface area (Å²) in [6, 6.07) is 6.97. The van der Waals surface area contributed by atoms with E-state index >= 15 is 0 Å². The van der Waals surface area contributed by atoms with Crippen molar-refractivity contribution in [2.45, 2.75) is 18.7 Å². The minimum absolute atomic E-state index is 0.0991. The second kappa shape index (κ2) is 7.46. The first-order chi connectivity index (χ1) is 13.6. The Hall–Kier alpha value is -2.97. The topological polar surface area (TPSA) is 104 Å². The van der Waals surface area contributed by atoms with Crippen molar-refractivity contribution in [3.05, 3.63) is 63.7 Å². The molecule has 9 heteroatoms. The molecule has 0 saturated carbocycles. The molecule has 3 rings (SSSR count). The van der Waals surface area contributed by atoms with Gasteiger partial charge in [0.25, 0.3) is 0 Å². The van der Waals surface area contributed by atoms with Gasteiger partial charge in [-0.25, -0.2) is 0 Å². The van der Waals surface area contributed by atoms with E-state index in [9.17, 15) is 22.8 Å². The van der Waals surface area contributed by atoms with Gasteiger partial charge in [0, 0.05) is 11.6 Å². The van der Waals surface area contributed by atoms with E-state index in [1.165, 1.54) is 25.3 Å². The molecule has 0 atom stereocenters. The van der Waals surface area contributed by atoms with Crippen LogP contribution in [0.3, 0.4) is 0 Å². The van der Waals surface area contributed by atoms with Crippen molar-refractivity contribution in [2.75, 3.05) is 7.11 Å². The number of ketones is 3. The normalized spacial score (nSPS) is 13.6. The van der Waals surface area contributed by atoms with Crippen LogP contribution in [0.4, 0.5) is 0 Å². The highest BCUT2D eigenvalue weighted by molar-refractivity contribution is 7.87. The van der Waals surface area contributed by atoms with Crippen molar-refractivity contribution in [3.8, 4) is 11.5 Å². The molecule has 2 aromatic carbocycles. The van der Waals surface area contributed by atoms with Gasteiger partial charge in [-0.15, -0.1) is 0 Å². The van der Waals surface area contributed by atoms with Crippen molar-refractivity contribution in [1.29, 1.82) is 0 Å². The molecule has 0 amide bonds. The van der Waals surface area contributed by atoms with Gasteiger partial charge in [0.05, 0.1) is 17.7 Å². The highest BCUT2D eigenvalue weighted by Gasteiger charge is 2.35. The maximum absolute atomic E-state index is 12.8. The summed E-state index contributed by atoms with van der Waals surface area (Å²) in [5.74, 6) is -2.78. The maximum Gasteiger partial charge on any atom is 0.339 e. The van der Waals surface area contributed by atoms with Crippen LogP contribution in [0.1, 0.15) is 43.6 Å². The van der Waals surface area contributed by atoms with Gasteiger partial charge >= 0.3 is 10.1 Å². The number of halogens is 1. The van der Waals surface area contributed by atoms with E-state index < -0.39 is 43.8 Å². The molecule has 1 aliphatic carbocycles. The van der Waals surface area contributed by atoms with Gasteiger partial charge < -0.3 is 8.92 Å². The van der Waals surface area contributed by atoms with Crippen molar-refractivity contribution in [3.63, 3.8) is 0 Å². The minimum Gasteiger partial charge on any atom is -0.496 e. The van der Waals surface area contributed by atoms with Crippen LogP contribution in [0.25, 0.3) is 0 Å². The van der Waals surface area contributed by atoms with Gasteiger partial charge in [-0.2, -0.15) is 8.42 Å². The van der Waals surface area contributed by atoms with Gasteiger partial charge in [-0.1, -0.05) is 29.3 Å². The molecular weight excluding hydrogens is 420 g/mol. The lowest BCUT2D eigenvalue weighted by molar-refractivity contribution is 0.0985. The highest BCUT2D eigenvalue weighted by Crippen LogP contribution is 2.41. The first-order valence-corrected chi connectivity index (χ1v) is 10.1. The molecule has 1 aliphatic rings. The van der Waals surface area contributed by atoms with Gasteiger partial charge in [-0.05, 0) is 32.0 Å². The number of hydrogen-bond acceptors (Lipinski definition) is 7. The summed E-state index contributed by atoms with van der Waals surface area (Å²) in [6.07, 6.45) is 0.914. The van der Waals surface area contributed by atoms with Crippen molar-refractivity contribution < 1.29 is 31.7 Å². The molecule has 7 nitrogen and oxygen atoms in total. The number of carbonyl (C=O) groups excluding carboxylic acids is 3. The molecule has 0 bridgehead atoms. The zero-order chi connectivity index (χ0) is 21.5. The number of fused-ring (bicyclic) bond motifs is 1. The van der Waals surface area contributed by atoms with E-state index in [0.717, 1.165) is 18.6 Å². The van der Waals surface area contributed by atoms with Crippen LogP contribution in [0.15, 0.2) is 46.3 Å². The van der Waals surface area contributed by atoms with Gasteiger partial charge in [0.2, 0.25) is 5.78 Å². The Labute approximate surface area is 172 Å². The summed E-state index contributed by atoms with van der Waals surface area (Å²) in [4.78, 5) is 37.1. The number of hydrogen-bond donors (Lipinski definition) is 0. The summed E-state index contributed by atoms with van der Waals surface area (Å²) in [7, 11) is -3.20. The smallest absolute Gasteiger partial charge is 0.339 e. The molecule has 0 N–H and O–H groups in total. The third-order valence-corrected chi connectivity index (χ3v) is 5.80. The van der Waals surface area contributed by atoms with Crippen LogP contribution in [0.2, 0.25) is 0 Å². The third kappa shape index (κ3) is 3.68. The van der Waals surface area contributed by atoms with E-state index in [4.69, 9.17) is 20.5 Å². The minimum atomic E-state index is -4.44. The molecule has 0 aromatic heterocycles. The summed E-state index contributed by atoms with van der Waals surface area (Å²) >= 11 is 5.84. The van der Waals surface area contributed by atoms with Crippen molar-refractivity contribution in [2.24, 2.45) is 0 Å². The zero-order valence-corrected chi connectivity index (χ0v) is 17.2. The molecule has 0 fully saturated rings. The molecule has 29 heavy (non-hydrogen) atoms. The standard InChI is InChI=1S/C20H15ClO7S/c1-10-4-6-12(7-5-10)29(25,26)28-20-17(11(2)22)16(27-3)8-13-15(23)9-14(21)19(24)18(13)20/h4-9H,1-3H3. The van der Waals surface area contributed by atoms with Crippen LogP contribution >= 0.6 is 11.6 Å². The lowest BCUT2D eigenvalue weighted by Gasteiger charge is -2.20. The number of allylic oxidation sites excluding steroid dienone is 2. The number of carbonyl (C=O) groups is 3. The number of ether oxygens (including phenoxy) is 1. The molecule has 0 saturated heterocycles. The van der Waals surface area contributed by atoms with Crippen LogP contribution in [-0.2, 0) is 10.1 Å². The Morgan fingerprint density at radius 2 is 1.72 bits per heavy atom. The number of rotatable bonds is 5. The van der Waals surface area contributed by atoms with Crippen molar-refractivity contribution >= 4 is 39.1 Å². The van der Waals surface area contributed by atoms with Crippen molar-refractivity contribution in [1.82, 2.24) is 0 Å². The molecule has 0 aliphatic heterocycles. The maximum atomic E-state index is 12.8. The first kappa shape index (κ1) is 20.8. The van der Waals surface area contributed by atoms with Crippen LogP contribution in [0, 0.1) is 6.92 Å². The fraction of sp³-hybridized carbons (Fsp3) is 0.150. The van der Waals surface area contributed by atoms with E-state index in [2.05, 4.69) is 0 Å². The summed E-state index contributed by atoms with van der Waals surface area (Å²) < 4.78 is 36.0. The fourth-order valence-electron chi connectivity index (χ4n) is 2.87. The Kier molecular flexibility index (Phi) is 5.34. The Morgan fingerprint density at radius 1 is 1.10 bits per heavy atom. The predicted molar refractivity (Wildman–Crippen MR) is 105 cm³/mol. The molecule has 0 heterocycles. The molecule has 0 radical (unpaired) electrons. The SMILES string of the molecule is COc1cc2c(c(OS(=O)(=O)c3ccc(C)cc3)c1C(C)=O)C(=O)C(Cl)=CC2=O. The molecule has 150 valence electrons. The van der Waals surface area contributed by atoms with Crippen LogP contribution in [-0.4, -0.2) is 32.9 Å². The van der Waals surface area contributed by atoms with Crippen LogP contribution in [0.5, 0.6) is 11.5 Å². The fourth-order valence-corrected chi connectivity index (χ4v) is 4.02. The van der Waals surface area contributed by atoms with Gasteiger partial charge in [0.15, 0.2) is 17.3 Å². The quantitative estimate of drug-likeness (QED) is 0.524. The number of Topliss-reactive ketones (excluding diaryl/α,β-unsaturated/α-hetero) is 2. The van der Waals surface area contributed by atoms with Gasteiger partial charge in [0.1, 0.15) is 16.2 Å². The Morgan fingerprint density at radius 3 is 2.28 bits per heavy atom. The number of methoxy groups -OCH3 is 1. The largest absolute Gasteiger partial charge is 0.496 e. The monoisotopic (exact) mass is 434 g/mol. The van der Waals surface area contributed by atoms with E-state index in [0.29, 0.717) is 0 Å². The second-order valence-electron chi connectivity index (χ2n) is 6.30. The molecule has 0 spiro atoms. The zero-order valence-electron chi connectivity index (χ0n) is 15.6. The van der Waals surface area contributed by atoms with E-state index in [1.54, 1.807) is 19.1 Å². The Balaban J connectivity index is 2.31. The lowest BCUT2D eigenvalue weighted by Crippen LogP contribution is -2.21. The molecule has 0 unspecified atom stereocenters. The predicted octanol–water partition coefficient (Wildman–Crippen LogP) is 3.48. The second-order valence-corrected chi connectivity index (χ2v) is 8.25. The molecule has 2 aromatic rings. The third-order valence-electron chi connectivity index (χ3n) is 4.29. The average molecular weight is 435 g/mol. The summed E-state index contributed by atoms with van der Waals surface area (Å²) in [6.45, 7) is 2.93. The van der Waals surface area contributed by atoms with E-state index in [1.807, 2.05) is 0 Å². The molecular formula is C20H15ClO7S. The Bertz CT molecular complexity index is 1190. The number of benzene rings is 2. The van der Waals surface area contributed by atoms with Gasteiger partial charge in [-0.3, -0.25) is 14.4 Å². The lowest BCUT2D eigenvalue weighted by atomic mass is 9.90. The highest BCUT2D eigenvalue weighted by atomic mass is 35.5. The summed E-state index contributed by atoms with van der Waals surface area (Å²) in [5, 5.41) is -0.417. The number of aryl methyl sites for hydroxylation is 1. The van der Waals surface area contributed by atoms with E-state index in [-0.39, 0.29) is 21.8 Å². The average Bonchev–Trinajstić information content (AvgIpc) is 2.65.